The molecule has 0 aliphatic rings. The maximum Gasteiger partial charge on any atom is 0.214 e. The molecule has 1 heterocycles. The Labute approximate surface area is 144 Å². The summed E-state index contributed by atoms with van der Waals surface area (Å²) in [5.41, 5.74) is 3.59. The largest absolute Gasteiger partial charge is 0.494 e. The number of aromatic nitrogens is 4. The van der Waals surface area contributed by atoms with Crippen molar-refractivity contribution in [1.29, 1.82) is 5.26 Å². The molecule has 0 unspecified atom stereocenters. The predicted molar refractivity (Wildman–Crippen MR) is 91.2 cm³/mol. The van der Waals surface area contributed by atoms with Crippen LogP contribution < -0.4 is 4.74 Å². The summed E-state index contributed by atoms with van der Waals surface area (Å²) in [6.45, 7) is 2.01. The summed E-state index contributed by atoms with van der Waals surface area (Å²) in [5.74, 6) is 1.38. The van der Waals surface area contributed by atoms with Gasteiger partial charge >= 0.3 is 0 Å². The van der Waals surface area contributed by atoms with Crippen molar-refractivity contribution in [3.63, 3.8) is 0 Å². The van der Waals surface area contributed by atoms with Crippen molar-refractivity contribution >= 4 is 11.8 Å². The highest BCUT2D eigenvalue weighted by Crippen LogP contribution is 2.28. The fourth-order valence-corrected chi connectivity index (χ4v) is 3.09. The van der Waals surface area contributed by atoms with E-state index < -0.39 is 0 Å². The van der Waals surface area contributed by atoms with E-state index in [0.717, 1.165) is 16.8 Å². The minimum atomic E-state index is 0.646. The molecular formula is C17H15N5OS. The van der Waals surface area contributed by atoms with Crippen LogP contribution in [0.1, 0.15) is 16.7 Å². The number of hydrogen-bond donors (Lipinski definition) is 0. The maximum absolute atomic E-state index is 8.98. The minimum Gasteiger partial charge on any atom is -0.494 e. The lowest BCUT2D eigenvalue weighted by Gasteiger charge is -2.10. The van der Waals surface area contributed by atoms with Gasteiger partial charge in [-0.1, -0.05) is 30.0 Å². The van der Waals surface area contributed by atoms with Crippen molar-refractivity contribution in [2.24, 2.45) is 0 Å². The second kappa shape index (κ2) is 7.15. The molecule has 0 N–H and O–H groups in total. The van der Waals surface area contributed by atoms with E-state index in [2.05, 4.69) is 21.6 Å². The molecule has 3 aromatic rings. The number of methoxy groups -OCH3 is 1. The average molecular weight is 337 g/mol. The predicted octanol–water partition coefficient (Wildman–Crippen LogP) is 3.14. The van der Waals surface area contributed by atoms with E-state index in [9.17, 15) is 0 Å². The zero-order valence-electron chi connectivity index (χ0n) is 13.3. The van der Waals surface area contributed by atoms with E-state index in [-0.39, 0.29) is 0 Å². The number of rotatable bonds is 5. The van der Waals surface area contributed by atoms with Gasteiger partial charge < -0.3 is 4.74 Å². The first-order valence-electron chi connectivity index (χ1n) is 7.26. The lowest BCUT2D eigenvalue weighted by molar-refractivity contribution is 0.410. The van der Waals surface area contributed by atoms with E-state index in [1.54, 1.807) is 17.9 Å². The summed E-state index contributed by atoms with van der Waals surface area (Å²) in [6, 6.07) is 15.5. The number of ether oxygens (including phenoxy) is 1. The number of benzene rings is 2. The molecule has 24 heavy (non-hydrogen) atoms. The van der Waals surface area contributed by atoms with Gasteiger partial charge in [0.25, 0.3) is 0 Å². The summed E-state index contributed by atoms with van der Waals surface area (Å²) in [6.07, 6.45) is 0. The van der Waals surface area contributed by atoms with Crippen LogP contribution in [0.2, 0.25) is 0 Å². The summed E-state index contributed by atoms with van der Waals surface area (Å²) in [4.78, 5) is 0. The Kier molecular flexibility index (Phi) is 4.77. The highest BCUT2D eigenvalue weighted by atomic mass is 32.2. The first kappa shape index (κ1) is 16.0. The second-order valence-electron chi connectivity index (χ2n) is 5.15. The van der Waals surface area contributed by atoms with Crippen molar-refractivity contribution < 1.29 is 4.74 Å². The molecule has 0 fully saturated rings. The Bertz CT molecular complexity index is 900. The highest BCUT2D eigenvalue weighted by molar-refractivity contribution is 7.98. The summed E-state index contributed by atoms with van der Waals surface area (Å²) < 4.78 is 7.08. The Morgan fingerprint density at radius 3 is 2.92 bits per heavy atom. The van der Waals surface area contributed by atoms with E-state index in [4.69, 9.17) is 10.00 Å². The van der Waals surface area contributed by atoms with Crippen molar-refractivity contribution in [1.82, 2.24) is 20.2 Å². The smallest absolute Gasteiger partial charge is 0.214 e. The van der Waals surface area contributed by atoms with E-state index in [1.165, 1.54) is 11.8 Å². The van der Waals surface area contributed by atoms with Crippen molar-refractivity contribution in [3.8, 4) is 17.5 Å². The van der Waals surface area contributed by atoms with Crippen LogP contribution in [0.5, 0.6) is 5.75 Å². The van der Waals surface area contributed by atoms with Gasteiger partial charge in [-0.05, 0) is 52.7 Å². The summed E-state index contributed by atoms with van der Waals surface area (Å²) >= 11 is 1.51. The fraction of sp³-hybridized carbons (Fsp3) is 0.176. The molecule has 0 spiro atoms. The van der Waals surface area contributed by atoms with Gasteiger partial charge in [-0.15, -0.1) is 5.10 Å². The Morgan fingerprint density at radius 1 is 1.25 bits per heavy atom. The average Bonchev–Trinajstić information content (AvgIpc) is 3.08. The lowest BCUT2D eigenvalue weighted by atomic mass is 10.2. The third kappa shape index (κ3) is 3.39. The van der Waals surface area contributed by atoms with Crippen LogP contribution in [0.4, 0.5) is 0 Å². The SMILES string of the molecule is COc1ccc(C)cc1-n1nnnc1SCc1cccc(C#N)c1. The van der Waals surface area contributed by atoms with Gasteiger partial charge in [-0.3, -0.25) is 0 Å². The van der Waals surface area contributed by atoms with Crippen LogP contribution in [0.25, 0.3) is 5.69 Å². The van der Waals surface area contributed by atoms with Gasteiger partial charge in [-0.25, -0.2) is 0 Å². The number of aryl methyl sites for hydroxylation is 1. The summed E-state index contributed by atoms with van der Waals surface area (Å²) in [7, 11) is 1.62. The molecule has 0 atom stereocenters. The quantitative estimate of drug-likeness (QED) is 0.666. The molecule has 120 valence electrons. The molecular weight excluding hydrogens is 322 g/mol. The Morgan fingerprint density at radius 2 is 2.12 bits per heavy atom. The molecule has 2 aromatic carbocycles. The van der Waals surface area contributed by atoms with Gasteiger partial charge in [0.2, 0.25) is 5.16 Å². The maximum atomic E-state index is 8.98. The third-order valence-electron chi connectivity index (χ3n) is 3.43. The normalized spacial score (nSPS) is 10.4. The van der Waals surface area contributed by atoms with Gasteiger partial charge in [0.05, 0.1) is 18.7 Å². The van der Waals surface area contributed by atoms with Crippen LogP contribution in [-0.2, 0) is 5.75 Å². The molecule has 0 amide bonds. The monoisotopic (exact) mass is 337 g/mol. The topological polar surface area (TPSA) is 76.6 Å². The Balaban J connectivity index is 1.86. The molecule has 6 nitrogen and oxygen atoms in total. The molecule has 0 saturated carbocycles. The van der Waals surface area contributed by atoms with Crippen LogP contribution in [0.3, 0.4) is 0 Å². The number of hydrogen-bond acceptors (Lipinski definition) is 6. The fourth-order valence-electron chi connectivity index (χ4n) is 2.26. The number of nitrogens with zero attached hydrogens (tertiary/aromatic N) is 5. The number of tetrazole rings is 1. The van der Waals surface area contributed by atoms with Crippen LogP contribution in [0, 0.1) is 18.3 Å². The zero-order valence-corrected chi connectivity index (χ0v) is 14.1. The van der Waals surface area contributed by atoms with Crippen LogP contribution in [0.15, 0.2) is 47.6 Å². The molecule has 0 bridgehead atoms. The third-order valence-corrected chi connectivity index (χ3v) is 4.42. The highest BCUT2D eigenvalue weighted by Gasteiger charge is 2.14. The van der Waals surface area contributed by atoms with E-state index >= 15 is 0 Å². The molecule has 3 rings (SSSR count). The van der Waals surface area contributed by atoms with Crippen molar-refractivity contribution in [3.05, 3.63) is 59.2 Å². The minimum absolute atomic E-state index is 0.646. The lowest BCUT2D eigenvalue weighted by Crippen LogP contribution is -2.02. The molecule has 7 heteroatoms. The first-order chi connectivity index (χ1) is 11.7. The van der Waals surface area contributed by atoms with Crippen molar-refractivity contribution in [2.45, 2.75) is 17.8 Å². The van der Waals surface area contributed by atoms with E-state index in [0.29, 0.717) is 22.2 Å². The zero-order chi connectivity index (χ0) is 16.9. The standard InChI is InChI=1S/C17H15N5OS/c1-12-6-7-16(23-2)15(8-12)22-17(19-20-21-22)24-11-14-5-3-4-13(9-14)10-18/h3-9H,11H2,1-2H3. The van der Waals surface area contributed by atoms with Crippen molar-refractivity contribution in [2.75, 3.05) is 7.11 Å². The van der Waals surface area contributed by atoms with Crippen LogP contribution in [-0.4, -0.2) is 27.3 Å². The van der Waals surface area contributed by atoms with Gasteiger partial charge in [0.1, 0.15) is 11.4 Å². The summed E-state index contributed by atoms with van der Waals surface area (Å²) in [5, 5.41) is 21.6. The van der Waals surface area contributed by atoms with Gasteiger partial charge in [0, 0.05) is 5.75 Å². The molecule has 0 aliphatic heterocycles. The molecule has 0 aliphatic carbocycles. The van der Waals surface area contributed by atoms with Gasteiger partial charge in [0.15, 0.2) is 0 Å². The molecule has 0 radical (unpaired) electrons. The molecule has 0 saturated heterocycles. The van der Waals surface area contributed by atoms with Gasteiger partial charge in [-0.2, -0.15) is 9.94 Å². The van der Waals surface area contributed by atoms with Crippen LogP contribution >= 0.6 is 11.8 Å². The van der Waals surface area contributed by atoms with E-state index in [1.807, 2.05) is 43.3 Å². The first-order valence-corrected chi connectivity index (χ1v) is 8.25. The second-order valence-corrected chi connectivity index (χ2v) is 6.09. The Hall–Kier alpha value is -2.85. The molecule has 1 aromatic heterocycles. The number of thioether (sulfide) groups is 1. The number of nitriles is 1.